The van der Waals surface area contributed by atoms with Gasteiger partial charge in [0.15, 0.2) is 0 Å². The van der Waals surface area contributed by atoms with Gasteiger partial charge in [-0.25, -0.2) is 0 Å². The van der Waals surface area contributed by atoms with Crippen molar-refractivity contribution in [3.8, 4) is 106 Å². The van der Waals surface area contributed by atoms with Crippen LogP contribution in [0.15, 0.2) is 425 Å². The van der Waals surface area contributed by atoms with Crippen LogP contribution in [0.5, 0.6) is 0 Å². The Morgan fingerprint density at radius 1 is 0.196 bits per heavy atom. The molecule has 0 saturated heterocycles. The third-order valence-corrected chi connectivity index (χ3v) is 23.5. The number of fused-ring (bicyclic) bond motifs is 13. The van der Waals surface area contributed by atoms with Gasteiger partial charge >= 0.3 is 0 Å². The summed E-state index contributed by atoms with van der Waals surface area (Å²) in [6, 6.07) is 159. The van der Waals surface area contributed by atoms with E-state index in [9.17, 15) is 0 Å². The minimum Gasteiger partial charge on any atom is -0.310 e. The lowest BCUT2D eigenvalue weighted by molar-refractivity contribution is 1.16. The van der Waals surface area contributed by atoms with E-state index < -0.39 is 0 Å². The molecule has 0 aliphatic carbocycles. The molecule has 22 rings (SSSR count). The van der Waals surface area contributed by atoms with Crippen molar-refractivity contribution in [1.82, 2.24) is 4.57 Å². The van der Waals surface area contributed by atoms with Crippen LogP contribution in [0.25, 0.3) is 160 Å². The standard InChI is InChI=1S/C108H70BN3/c1-9-32-71(33-10-1)80-56-60-100-97(67-80)109-98-68-81(72-34-11-2-12-35-72)57-61-101(98)112(107-94(78-44-21-7-22-45-78)65-84(74-38-15-4-16-39-74)66-95(107)79-46-23-8-24-47-79)103-70-85(69-102(105(103)109)111(100)106-92(76-40-17-5-18-41-76)63-83(73-36-13-3-14-37-73)64-93(106)77-42-19-6-20-43-77)110-99-59-58-82(87-55-31-49-75-48-25-26-50-86(75)87)62-96(99)104-90-53-29-27-51-88(90)89-52-28-30-54-91(89)108(104)110/h1-70H. The van der Waals surface area contributed by atoms with Gasteiger partial charge < -0.3 is 14.4 Å². The summed E-state index contributed by atoms with van der Waals surface area (Å²) < 4.78 is 2.65. The highest BCUT2D eigenvalue weighted by Gasteiger charge is 2.46. The average Bonchev–Trinajstić information content (AvgIpc) is 0.875. The predicted octanol–water partition coefficient (Wildman–Crippen LogP) is 27.3. The molecule has 20 aromatic rings. The van der Waals surface area contributed by atoms with Crippen molar-refractivity contribution in [3.05, 3.63) is 425 Å². The van der Waals surface area contributed by atoms with Gasteiger partial charge in [-0.3, -0.25) is 0 Å². The second-order valence-corrected chi connectivity index (χ2v) is 29.7. The molecule has 3 nitrogen and oxygen atoms in total. The number of rotatable bonds is 12. The zero-order chi connectivity index (χ0) is 73.7. The lowest BCUT2D eigenvalue weighted by Crippen LogP contribution is -2.61. The van der Waals surface area contributed by atoms with Gasteiger partial charge in [0.05, 0.1) is 28.1 Å². The van der Waals surface area contributed by atoms with E-state index in [1.54, 1.807) is 0 Å². The first kappa shape index (κ1) is 64.6. The van der Waals surface area contributed by atoms with Crippen LogP contribution in [0, 0.1) is 0 Å². The molecule has 0 atom stereocenters. The molecule has 1 aromatic heterocycles. The highest BCUT2D eigenvalue weighted by Crippen LogP contribution is 2.56. The van der Waals surface area contributed by atoms with Crippen molar-refractivity contribution in [2.75, 3.05) is 9.80 Å². The SMILES string of the molecule is c1ccc(-c2ccc3c(c2)B2c4cc(-c5ccccc5)ccc4N(c4c(-c5ccccc5)cc(-c5ccccc5)cc4-c4ccccc4)c4cc(-n5c6ccc(-c7cccc8ccccc78)cc6c6c7ccccc7c7ccccc7c65)cc(c42)N3c2c(-c3ccccc3)cc(-c3ccccc3)cc2-c2ccccc2)cc1. The van der Waals surface area contributed by atoms with Crippen LogP contribution in [0.4, 0.5) is 34.1 Å². The molecule has 0 bridgehead atoms. The van der Waals surface area contributed by atoms with Crippen LogP contribution in [0.2, 0.25) is 0 Å². The van der Waals surface area contributed by atoms with E-state index in [-0.39, 0.29) is 6.71 Å². The van der Waals surface area contributed by atoms with Crippen molar-refractivity contribution in [2.24, 2.45) is 0 Å². The molecular formula is C108H70BN3. The quantitative estimate of drug-likeness (QED) is 0.0892. The van der Waals surface area contributed by atoms with Crippen LogP contribution >= 0.6 is 0 Å². The number of anilines is 6. The number of nitrogens with zero attached hydrogens (tertiary/aromatic N) is 3. The minimum atomic E-state index is -0.317. The summed E-state index contributed by atoms with van der Waals surface area (Å²) in [5.41, 5.74) is 33.9. The molecule has 0 N–H and O–H groups in total. The normalized spacial score (nSPS) is 12.2. The van der Waals surface area contributed by atoms with Crippen molar-refractivity contribution in [3.63, 3.8) is 0 Å². The molecule has 19 aromatic carbocycles. The molecule has 520 valence electrons. The maximum Gasteiger partial charge on any atom is 0.252 e. The Morgan fingerprint density at radius 3 is 0.982 bits per heavy atom. The summed E-state index contributed by atoms with van der Waals surface area (Å²) >= 11 is 0. The van der Waals surface area contributed by atoms with E-state index in [4.69, 9.17) is 0 Å². The molecule has 0 saturated carbocycles. The van der Waals surface area contributed by atoms with Gasteiger partial charge in [-0.2, -0.15) is 0 Å². The van der Waals surface area contributed by atoms with E-state index in [0.717, 1.165) is 140 Å². The predicted molar refractivity (Wildman–Crippen MR) is 476 cm³/mol. The number of hydrogen-bond donors (Lipinski definition) is 0. The number of aromatic nitrogens is 1. The van der Waals surface area contributed by atoms with Crippen molar-refractivity contribution in [1.29, 1.82) is 0 Å². The Kier molecular flexibility index (Phi) is 15.4. The topological polar surface area (TPSA) is 11.4 Å². The summed E-state index contributed by atoms with van der Waals surface area (Å²) in [4.78, 5) is 5.42. The Hall–Kier alpha value is -14.6. The smallest absolute Gasteiger partial charge is 0.252 e. The van der Waals surface area contributed by atoms with Gasteiger partial charge in [-0.05, 0) is 182 Å². The summed E-state index contributed by atoms with van der Waals surface area (Å²) in [7, 11) is 0. The third kappa shape index (κ3) is 10.6. The Morgan fingerprint density at radius 2 is 0.545 bits per heavy atom. The third-order valence-electron chi connectivity index (χ3n) is 23.5. The summed E-state index contributed by atoms with van der Waals surface area (Å²) in [5, 5.41) is 9.65. The van der Waals surface area contributed by atoms with Crippen LogP contribution in [0.1, 0.15) is 0 Å². The van der Waals surface area contributed by atoms with E-state index in [2.05, 4.69) is 439 Å². The molecule has 112 heavy (non-hydrogen) atoms. The lowest BCUT2D eigenvalue weighted by Gasteiger charge is -2.46. The zero-order valence-electron chi connectivity index (χ0n) is 61.3. The van der Waals surface area contributed by atoms with Gasteiger partial charge in [0.2, 0.25) is 0 Å². The van der Waals surface area contributed by atoms with E-state index in [1.165, 1.54) is 70.6 Å². The Labute approximate surface area is 651 Å². The second-order valence-electron chi connectivity index (χ2n) is 29.7. The molecule has 4 heteroatoms. The first-order valence-corrected chi connectivity index (χ1v) is 38.8. The van der Waals surface area contributed by atoms with E-state index in [0.29, 0.717) is 0 Å². The molecule has 0 amide bonds. The zero-order valence-corrected chi connectivity index (χ0v) is 61.3. The van der Waals surface area contributed by atoms with Gasteiger partial charge in [0.1, 0.15) is 0 Å². The van der Waals surface area contributed by atoms with Crippen molar-refractivity contribution < 1.29 is 0 Å². The van der Waals surface area contributed by atoms with Gasteiger partial charge in [0.25, 0.3) is 6.71 Å². The maximum atomic E-state index is 2.71. The van der Waals surface area contributed by atoms with E-state index in [1.807, 2.05) is 0 Å². The lowest BCUT2D eigenvalue weighted by atomic mass is 9.33. The largest absolute Gasteiger partial charge is 0.310 e. The number of hydrogen-bond acceptors (Lipinski definition) is 2. The van der Waals surface area contributed by atoms with Crippen LogP contribution in [-0.4, -0.2) is 11.3 Å². The molecule has 0 fully saturated rings. The van der Waals surface area contributed by atoms with Crippen molar-refractivity contribution in [2.45, 2.75) is 0 Å². The van der Waals surface area contributed by atoms with Gasteiger partial charge in [0, 0.05) is 61.2 Å². The highest BCUT2D eigenvalue weighted by atomic mass is 15.2. The monoisotopic (exact) mass is 1420 g/mol. The fourth-order valence-corrected chi connectivity index (χ4v) is 18.5. The molecule has 0 spiro atoms. The van der Waals surface area contributed by atoms with Crippen LogP contribution < -0.4 is 26.2 Å². The summed E-state index contributed by atoms with van der Waals surface area (Å²) in [6.07, 6.45) is 0. The first-order valence-electron chi connectivity index (χ1n) is 38.8. The number of benzene rings is 19. The van der Waals surface area contributed by atoms with E-state index >= 15 is 0 Å². The molecule has 2 aliphatic heterocycles. The maximum absolute atomic E-state index is 2.71. The Bertz CT molecular complexity index is 6670. The molecule has 3 heterocycles. The molecule has 0 unspecified atom stereocenters. The highest BCUT2D eigenvalue weighted by molar-refractivity contribution is 7.00. The van der Waals surface area contributed by atoms with Crippen LogP contribution in [-0.2, 0) is 0 Å². The van der Waals surface area contributed by atoms with Gasteiger partial charge in [-0.15, -0.1) is 0 Å². The van der Waals surface area contributed by atoms with Crippen molar-refractivity contribution >= 4 is 111 Å². The molecule has 2 aliphatic rings. The van der Waals surface area contributed by atoms with Gasteiger partial charge in [-0.1, -0.05) is 364 Å². The fraction of sp³-hybridized carbons (Fsp3) is 0. The molecule has 0 radical (unpaired) electrons. The summed E-state index contributed by atoms with van der Waals surface area (Å²) in [6.45, 7) is -0.317. The average molecular weight is 1420 g/mol. The summed E-state index contributed by atoms with van der Waals surface area (Å²) in [5.74, 6) is 0. The van der Waals surface area contributed by atoms with Crippen LogP contribution in [0.3, 0.4) is 0 Å². The fourth-order valence-electron chi connectivity index (χ4n) is 18.5. The first-order chi connectivity index (χ1) is 55.6. The Balaban J connectivity index is 0.960. The molecular weight excluding hydrogens is 1350 g/mol. The second kappa shape index (κ2) is 26.7. The minimum absolute atomic E-state index is 0.317.